The molecular weight excluding hydrogens is 270 g/mol. The second kappa shape index (κ2) is 7.23. The van der Waals surface area contributed by atoms with Crippen LogP contribution in [-0.2, 0) is 9.84 Å². The lowest BCUT2D eigenvalue weighted by Crippen LogP contribution is -2.34. The quantitative estimate of drug-likeness (QED) is 0.841. The fourth-order valence-corrected chi connectivity index (χ4v) is 4.11. The van der Waals surface area contributed by atoms with Gasteiger partial charge in [-0.05, 0) is 31.9 Å². The van der Waals surface area contributed by atoms with Crippen molar-refractivity contribution in [2.24, 2.45) is 5.92 Å². The lowest BCUT2D eigenvalue weighted by molar-refractivity contribution is 0.525. The first-order chi connectivity index (χ1) is 9.27. The van der Waals surface area contributed by atoms with E-state index < -0.39 is 9.84 Å². The fraction of sp³-hybridized carbons (Fsp3) is 0.625. The minimum Gasteiger partial charge on any atom is -0.309 e. The Balaban J connectivity index is 2.99. The molecule has 0 aromatic heterocycles. The third-order valence-corrected chi connectivity index (χ3v) is 6.27. The maximum atomic E-state index is 12.5. The predicted molar refractivity (Wildman–Crippen MR) is 85.7 cm³/mol. The first-order valence-electron chi connectivity index (χ1n) is 7.29. The third-order valence-electron chi connectivity index (χ3n) is 3.80. The van der Waals surface area contributed by atoms with E-state index in [1.165, 1.54) is 0 Å². The first kappa shape index (κ1) is 17.2. The zero-order chi connectivity index (χ0) is 15.3. The topological polar surface area (TPSA) is 46.2 Å². The molecule has 0 aliphatic carbocycles. The van der Waals surface area contributed by atoms with Crippen LogP contribution in [0.15, 0.2) is 24.3 Å². The molecule has 1 N–H and O–H groups in total. The molecule has 4 heteroatoms. The van der Waals surface area contributed by atoms with Gasteiger partial charge in [-0.2, -0.15) is 0 Å². The molecule has 1 aromatic rings. The highest BCUT2D eigenvalue weighted by Gasteiger charge is 2.27. The van der Waals surface area contributed by atoms with E-state index in [0.717, 1.165) is 17.7 Å². The molecule has 20 heavy (non-hydrogen) atoms. The van der Waals surface area contributed by atoms with Crippen LogP contribution in [0, 0.1) is 12.8 Å². The lowest BCUT2D eigenvalue weighted by Gasteiger charge is -2.23. The molecule has 114 valence electrons. The molecule has 1 rings (SSSR count). The normalized spacial score (nSPS) is 15.3. The standard InChI is InChI=1S/C16H27NO2S/c1-6-17-16(15-9-7-8-13(4)10-15)11-20(18,19)14(5)12(2)3/h7-10,12,14,16-17H,6,11H2,1-5H3. The van der Waals surface area contributed by atoms with Crippen molar-refractivity contribution < 1.29 is 8.42 Å². The first-order valence-corrected chi connectivity index (χ1v) is 9.01. The number of rotatable bonds is 7. The molecular formula is C16H27NO2S. The zero-order valence-corrected chi connectivity index (χ0v) is 14.0. The molecule has 0 amide bonds. The zero-order valence-electron chi connectivity index (χ0n) is 13.2. The van der Waals surface area contributed by atoms with E-state index in [2.05, 4.69) is 11.4 Å². The smallest absolute Gasteiger partial charge is 0.155 e. The van der Waals surface area contributed by atoms with Crippen molar-refractivity contribution in [1.29, 1.82) is 0 Å². The molecule has 0 saturated heterocycles. The van der Waals surface area contributed by atoms with Crippen LogP contribution >= 0.6 is 0 Å². The minimum absolute atomic E-state index is 0.133. The molecule has 0 radical (unpaired) electrons. The summed E-state index contributed by atoms with van der Waals surface area (Å²) in [4.78, 5) is 0. The van der Waals surface area contributed by atoms with Crippen LogP contribution in [0.1, 0.15) is 44.9 Å². The SMILES string of the molecule is CCNC(CS(=O)(=O)C(C)C(C)C)c1cccc(C)c1. The number of hydrogen-bond acceptors (Lipinski definition) is 3. The molecule has 0 fully saturated rings. The summed E-state index contributed by atoms with van der Waals surface area (Å²) in [5, 5.41) is 2.99. The van der Waals surface area contributed by atoms with Gasteiger partial charge >= 0.3 is 0 Å². The van der Waals surface area contributed by atoms with Crippen LogP contribution in [0.2, 0.25) is 0 Å². The van der Waals surface area contributed by atoms with Crippen molar-refractivity contribution in [3.8, 4) is 0 Å². The molecule has 0 bridgehead atoms. The molecule has 3 nitrogen and oxygen atoms in total. The van der Waals surface area contributed by atoms with Crippen LogP contribution in [-0.4, -0.2) is 26.0 Å². The Morgan fingerprint density at radius 1 is 1.20 bits per heavy atom. The van der Waals surface area contributed by atoms with Crippen molar-refractivity contribution in [3.63, 3.8) is 0 Å². The molecule has 0 aliphatic rings. The summed E-state index contributed by atoms with van der Waals surface area (Å²) in [6.45, 7) is 10.5. The Labute approximate surface area is 123 Å². The van der Waals surface area contributed by atoms with Gasteiger partial charge in [0.25, 0.3) is 0 Å². The number of sulfone groups is 1. The van der Waals surface area contributed by atoms with Gasteiger partial charge in [-0.1, -0.05) is 50.6 Å². The summed E-state index contributed by atoms with van der Waals surface area (Å²) in [6.07, 6.45) is 0. The Bertz CT molecular complexity index is 523. The van der Waals surface area contributed by atoms with Crippen molar-refractivity contribution in [2.45, 2.75) is 45.9 Å². The van der Waals surface area contributed by atoms with E-state index in [0.29, 0.717) is 0 Å². The summed E-state index contributed by atoms with van der Waals surface area (Å²) < 4.78 is 25.0. The van der Waals surface area contributed by atoms with E-state index in [-0.39, 0.29) is 23.0 Å². The summed E-state index contributed by atoms with van der Waals surface area (Å²) in [5.74, 6) is 0.295. The monoisotopic (exact) mass is 297 g/mol. The Kier molecular flexibility index (Phi) is 6.21. The van der Waals surface area contributed by atoms with Gasteiger partial charge in [0, 0.05) is 6.04 Å². The highest BCUT2D eigenvalue weighted by Crippen LogP contribution is 2.21. The molecule has 0 spiro atoms. The van der Waals surface area contributed by atoms with Crippen LogP contribution in [0.25, 0.3) is 0 Å². The van der Waals surface area contributed by atoms with E-state index >= 15 is 0 Å². The van der Waals surface area contributed by atoms with Gasteiger partial charge in [-0.15, -0.1) is 0 Å². The molecule has 2 atom stereocenters. The Hall–Kier alpha value is -0.870. The van der Waals surface area contributed by atoms with E-state index in [1.807, 2.05) is 45.9 Å². The summed E-state index contributed by atoms with van der Waals surface area (Å²) in [7, 11) is -3.10. The molecule has 2 unspecified atom stereocenters. The van der Waals surface area contributed by atoms with E-state index in [4.69, 9.17) is 0 Å². The van der Waals surface area contributed by atoms with Gasteiger partial charge in [0.05, 0.1) is 11.0 Å². The highest BCUT2D eigenvalue weighted by molar-refractivity contribution is 7.92. The highest BCUT2D eigenvalue weighted by atomic mass is 32.2. The summed E-state index contributed by atoms with van der Waals surface area (Å²) in [6, 6.07) is 7.93. The second-order valence-electron chi connectivity index (χ2n) is 5.80. The van der Waals surface area contributed by atoms with Crippen molar-refractivity contribution in [2.75, 3.05) is 12.3 Å². The van der Waals surface area contributed by atoms with Gasteiger partial charge < -0.3 is 5.32 Å². The van der Waals surface area contributed by atoms with Crippen molar-refractivity contribution in [1.82, 2.24) is 5.32 Å². The van der Waals surface area contributed by atoms with Crippen LogP contribution < -0.4 is 5.32 Å². The largest absolute Gasteiger partial charge is 0.309 e. The van der Waals surface area contributed by atoms with Gasteiger partial charge in [-0.25, -0.2) is 8.42 Å². The predicted octanol–water partition coefficient (Wildman–Crippen LogP) is 3.10. The molecule has 0 aliphatic heterocycles. The maximum Gasteiger partial charge on any atom is 0.155 e. The van der Waals surface area contributed by atoms with Crippen molar-refractivity contribution >= 4 is 9.84 Å². The molecule has 1 aromatic carbocycles. The summed E-state index contributed by atoms with van der Waals surface area (Å²) >= 11 is 0. The van der Waals surface area contributed by atoms with Gasteiger partial charge in [-0.3, -0.25) is 0 Å². The number of nitrogens with one attached hydrogen (secondary N) is 1. The Morgan fingerprint density at radius 3 is 2.35 bits per heavy atom. The second-order valence-corrected chi connectivity index (χ2v) is 8.21. The number of aryl methyl sites for hydroxylation is 1. The van der Waals surface area contributed by atoms with Crippen LogP contribution in [0.4, 0.5) is 0 Å². The van der Waals surface area contributed by atoms with Gasteiger partial charge in [0.1, 0.15) is 0 Å². The third kappa shape index (κ3) is 4.60. The van der Waals surface area contributed by atoms with E-state index in [1.54, 1.807) is 6.92 Å². The fourth-order valence-electron chi connectivity index (χ4n) is 2.21. The average Bonchev–Trinajstić information content (AvgIpc) is 2.37. The average molecular weight is 297 g/mol. The Morgan fingerprint density at radius 2 is 1.85 bits per heavy atom. The summed E-state index contributed by atoms with van der Waals surface area (Å²) in [5.41, 5.74) is 2.20. The lowest BCUT2D eigenvalue weighted by atomic mass is 10.1. The maximum absolute atomic E-state index is 12.5. The van der Waals surface area contributed by atoms with Crippen molar-refractivity contribution in [3.05, 3.63) is 35.4 Å². The number of hydrogen-bond donors (Lipinski definition) is 1. The molecule has 0 saturated carbocycles. The van der Waals surface area contributed by atoms with Gasteiger partial charge in [0.15, 0.2) is 9.84 Å². The minimum atomic E-state index is -3.10. The number of benzene rings is 1. The van der Waals surface area contributed by atoms with Crippen LogP contribution in [0.5, 0.6) is 0 Å². The van der Waals surface area contributed by atoms with Gasteiger partial charge in [0.2, 0.25) is 0 Å². The van der Waals surface area contributed by atoms with Crippen LogP contribution in [0.3, 0.4) is 0 Å². The van der Waals surface area contributed by atoms with E-state index in [9.17, 15) is 8.42 Å². The molecule has 0 heterocycles.